The van der Waals surface area contributed by atoms with E-state index in [1.54, 1.807) is 32.4 Å². The molecule has 272 valence electrons. The number of hydrogen-bond donors (Lipinski definition) is 1. The fourth-order valence-electron chi connectivity index (χ4n) is 6.30. The van der Waals surface area contributed by atoms with Crippen LogP contribution in [0.5, 0.6) is 29.0 Å². The van der Waals surface area contributed by atoms with Gasteiger partial charge in [-0.3, -0.25) is 4.79 Å². The average molecular weight is 729 g/mol. The molecule has 0 bridgehead atoms. The van der Waals surface area contributed by atoms with Crippen LogP contribution in [0, 0.1) is 0 Å². The second-order valence-electron chi connectivity index (χ2n) is 13.3. The van der Waals surface area contributed by atoms with Gasteiger partial charge in [0.1, 0.15) is 21.0 Å². The summed E-state index contributed by atoms with van der Waals surface area (Å²) in [6.45, 7) is 10.8. The van der Waals surface area contributed by atoms with Crippen molar-refractivity contribution in [1.29, 1.82) is 0 Å². The number of methoxy groups -OCH3 is 2. The quantitative estimate of drug-likeness (QED) is 0.0480. The molecule has 12 nitrogen and oxygen atoms in total. The Balaban J connectivity index is 1.52. The lowest BCUT2D eigenvalue weighted by Gasteiger charge is -2.28. The van der Waals surface area contributed by atoms with Gasteiger partial charge in [-0.25, -0.2) is 9.78 Å². The standard InChI is InChI=1S/C36H48N2O10SSi/c1-8-10-11-12-32(50(5,6)7)47-23-48-34-37-20-30(38-34)36(26-15-14-25(41-3)18-28(26)44-21-31(39)43-9-2)35(49-36,33(40)42-4)19-24-13-16-27-29(17-24)46-22-45-27/h13-18,20,32H,8-12,19,21-23H2,1-7H3,(H,37,38). The molecule has 1 aromatic heterocycles. The maximum absolute atomic E-state index is 14.0. The van der Waals surface area contributed by atoms with Crippen molar-refractivity contribution in [2.75, 3.05) is 41.0 Å². The molecule has 3 aromatic rings. The molecule has 5 rings (SSSR count). The van der Waals surface area contributed by atoms with Crippen LogP contribution in [0.3, 0.4) is 0 Å². The van der Waals surface area contributed by atoms with E-state index >= 15 is 0 Å². The second-order valence-corrected chi connectivity index (χ2v) is 20.2. The SMILES string of the molecule is CCCCCC(OCOc1ncc(C2(c3ccc(OC)cc3OCC(=O)OCC)SC2(Cc2ccc3c(c2)OCO3)C(=O)OC)[nH]1)[Si](C)(C)C. The number of carbonyl (C=O) groups excluding carboxylic acids is 2. The average Bonchev–Trinajstić information content (AvgIpc) is 3.38. The highest BCUT2D eigenvalue weighted by Crippen LogP contribution is 2.76. The first-order valence-electron chi connectivity index (χ1n) is 16.9. The Morgan fingerprint density at radius 3 is 2.56 bits per heavy atom. The van der Waals surface area contributed by atoms with Gasteiger partial charge in [-0.05, 0) is 43.2 Å². The van der Waals surface area contributed by atoms with Crippen LogP contribution in [-0.2, 0) is 35.0 Å². The van der Waals surface area contributed by atoms with E-state index < -0.39 is 29.5 Å². The largest absolute Gasteiger partial charge is 0.497 e. The number of fused-ring (bicyclic) bond motifs is 1. The highest BCUT2D eigenvalue weighted by atomic mass is 32.2. The van der Waals surface area contributed by atoms with Crippen molar-refractivity contribution < 1.29 is 47.5 Å². The highest BCUT2D eigenvalue weighted by molar-refractivity contribution is 8.10. The number of benzene rings is 2. The van der Waals surface area contributed by atoms with Crippen molar-refractivity contribution in [1.82, 2.24) is 9.97 Å². The minimum absolute atomic E-state index is 0.0317. The third-order valence-corrected chi connectivity index (χ3v) is 13.2. The zero-order chi connectivity index (χ0) is 35.9. The van der Waals surface area contributed by atoms with Gasteiger partial charge < -0.3 is 42.9 Å². The van der Waals surface area contributed by atoms with Gasteiger partial charge in [0.05, 0.1) is 46.5 Å². The number of imidazole rings is 1. The molecule has 0 aliphatic carbocycles. The Bertz CT molecular complexity index is 1640. The molecule has 1 saturated heterocycles. The lowest BCUT2D eigenvalue weighted by Crippen LogP contribution is -2.41. The van der Waals surface area contributed by atoms with Gasteiger partial charge in [0.15, 0.2) is 24.9 Å². The topological polar surface area (TPSA) is 137 Å². The van der Waals surface area contributed by atoms with Crippen LogP contribution in [-0.4, -0.2) is 81.5 Å². The molecule has 2 aromatic carbocycles. The maximum Gasteiger partial charge on any atom is 0.344 e. The summed E-state index contributed by atoms with van der Waals surface area (Å²) in [6, 6.07) is 11.2. The predicted octanol–water partition coefficient (Wildman–Crippen LogP) is 6.41. The van der Waals surface area contributed by atoms with Crippen LogP contribution in [0.4, 0.5) is 0 Å². The number of carbonyl (C=O) groups is 2. The predicted molar refractivity (Wildman–Crippen MR) is 191 cm³/mol. The number of unbranched alkanes of at least 4 members (excludes halogenated alkanes) is 2. The number of thioether (sulfide) groups is 1. The minimum Gasteiger partial charge on any atom is -0.497 e. The van der Waals surface area contributed by atoms with Gasteiger partial charge in [0.25, 0.3) is 6.01 Å². The van der Waals surface area contributed by atoms with Crippen LogP contribution in [0.25, 0.3) is 0 Å². The van der Waals surface area contributed by atoms with Crippen molar-refractivity contribution in [3.8, 4) is 29.0 Å². The molecule has 3 atom stereocenters. The van der Waals surface area contributed by atoms with E-state index in [1.165, 1.54) is 18.9 Å². The molecule has 1 N–H and O–H groups in total. The summed E-state index contributed by atoms with van der Waals surface area (Å²) in [4.78, 5) is 34.3. The molecule has 2 aliphatic rings. The molecule has 1 fully saturated rings. The first-order valence-corrected chi connectivity index (χ1v) is 21.3. The summed E-state index contributed by atoms with van der Waals surface area (Å²) in [5.74, 6) is 1.12. The highest BCUT2D eigenvalue weighted by Gasteiger charge is 2.77. The lowest BCUT2D eigenvalue weighted by molar-refractivity contribution is -0.145. The van der Waals surface area contributed by atoms with E-state index in [9.17, 15) is 9.59 Å². The van der Waals surface area contributed by atoms with Crippen molar-refractivity contribution in [3.05, 3.63) is 59.4 Å². The van der Waals surface area contributed by atoms with Gasteiger partial charge >= 0.3 is 11.9 Å². The summed E-state index contributed by atoms with van der Waals surface area (Å²) in [7, 11) is 1.30. The molecule has 0 spiro atoms. The van der Waals surface area contributed by atoms with Gasteiger partial charge in [-0.2, -0.15) is 0 Å². The van der Waals surface area contributed by atoms with Crippen molar-refractivity contribution in [2.24, 2.45) is 0 Å². The second kappa shape index (κ2) is 16.0. The van der Waals surface area contributed by atoms with E-state index in [4.69, 9.17) is 37.9 Å². The zero-order valence-electron chi connectivity index (χ0n) is 29.9. The molecule has 0 saturated carbocycles. The lowest BCUT2D eigenvalue weighted by atomic mass is 9.79. The minimum atomic E-state index is -1.61. The van der Waals surface area contributed by atoms with E-state index in [2.05, 4.69) is 36.5 Å². The van der Waals surface area contributed by atoms with Crippen molar-refractivity contribution in [2.45, 2.75) is 80.8 Å². The van der Waals surface area contributed by atoms with E-state index in [-0.39, 0.29) is 45.0 Å². The smallest absolute Gasteiger partial charge is 0.344 e. The summed E-state index contributed by atoms with van der Waals surface area (Å²) in [6.07, 6.45) is 6.33. The molecule has 50 heavy (non-hydrogen) atoms. The van der Waals surface area contributed by atoms with E-state index in [0.717, 1.165) is 31.2 Å². The van der Waals surface area contributed by atoms with Crippen molar-refractivity contribution >= 4 is 31.8 Å². The molecule has 2 aliphatic heterocycles. The normalized spacial score (nSPS) is 19.8. The summed E-state index contributed by atoms with van der Waals surface area (Å²) in [5, 5.41) is 0. The number of esters is 2. The summed E-state index contributed by atoms with van der Waals surface area (Å²) >= 11 is 1.39. The van der Waals surface area contributed by atoms with Gasteiger partial charge in [0.2, 0.25) is 6.79 Å². The molecular weight excluding hydrogens is 681 g/mol. The fourth-order valence-corrected chi connectivity index (χ4v) is 9.68. The van der Waals surface area contributed by atoms with E-state index in [0.29, 0.717) is 34.3 Å². The molecule has 0 amide bonds. The molecule has 0 radical (unpaired) electrons. The molecular formula is C36H48N2O10SSi. The Morgan fingerprint density at radius 2 is 1.84 bits per heavy atom. The Kier molecular flexibility index (Phi) is 11.9. The van der Waals surface area contributed by atoms with Crippen LogP contribution < -0.4 is 23.7 Å². The van der Waals surface area contributed by atoms with Crippen LogP contribution in [0.2, 0.25) is 19.6 Å². The number of hydrogen-bond acceptors (Lipinski definition) is 12. The molecule has 3 heterocycles. The number of aromatic nitrogens is 2. The number of aromatic amines is 1. The number of nitrogens with zero attached hydrogens (tertiary/aromatic N) is 1. The van der Waals surface area contributed by atoms with Crippen LogP contribution in [0.15, 0.2) is 42.6 Å². The first-order chi connectivity index (χ1) is 24.0. The Labute approximate surface area is 298 Å². The van der Waals surface area contributed by atoms with E-state index in [1.807, 2.05) is 24.3 Å². The zero-order valence-corrected chi connectivity index (χ0v) is 31.7. The monoisotopic (exact) mass is 728 g/mol. The van der Waals surface area contributed by atoms with Crippen LogP contribution >= 0.6 is 11.8 Å². The number of ether oxygens (including phenoxy) is 8. The van der Waals surface area contributed by atoms with Gasteiger partial charge in [0, 0.05) is 18.1 Å². The van der Waals surface area contributed by atoms with Crippen molar-refractivity contribution in [3.63, 3.8) is 0 Å². The number of nitrogens with one attached hydrogen (secondary N) is 1. The summed E-state index contributed by atoms with van der Waals surface area (Å²) in [5.41, 5.74) is 2.17. The van der Waals surface area contributed by atoms with Gasteiger partial charge in [-0.1, -0.05) is 51.9 Å². The first kappa shape index (κ1) is 37.4. The maximum atomic E-state index is 14.0. The van der Waals surface area contributed by atoms with Crippen LogP contribution in [0.1, 0.15) is 56.4 Å². The Morgan fingerprint density at radius 1 is 1.04 bits per heavy atom. The molecule has 3 unspecified atom stereocenters. The molecule has 14 heteroatoms. The third-order valence-electron chi connectivity index (χ3n) is 8.91. The number of rotatable bonds is 19. The summed E-state index contributed by atoms with van der Waals surface area (Å²) < 4.78 is 43.4. The Hall–Kier alpha value is -3.88. The third kappa shape index (κ3) is 7.87. The number of H-pyrrole nitrogens is 1. The fraction of sp³-hybridized carbons (Fsp3) is 0.528. The van der Waals surface area contributed by atoms with Gasteiger partial charge in [-0.15, -0.1) is 11.8 Å².